The molecule has 1 amide bonds. The van der Waals surface area contributed by atoms with Gasteiger partial charge in [-0.15, -0.1) is 0 Å². The molecule has 2 atom stereocenters. The van der Waals surface area contributed by atoms with Crippen molar-refractivity contribution in [2.45, 2.75) is 31.0 Å². The highest BCUT2D eigenvalue weighted by Crippen LogP contribution is 2.26. The number of ether oxygens (including phenoxy) is 1. The van der Waals surface area contributed by atoms with Gasteiger partial charge >= 0.3 is 0 Å². The molecular weight excluding hydrogens is 306 g/mol. The number of nitrogens with one attached hydrogen (secondary N) is 1. The molecule has 1 aromatic rings. The minimum Gasteiger partial charge on any atom is -0.492 e. The van der Waals surface area contributed by atoms with Crippen LogP contribution in [0.25, 0.3) is 0 Å². The van der Waals surface area contributed by atoms with Crippen LogP contribution in [0.3, 0.4) is 0 Å². The first kappa shape index (κ1) is 14.4. The van der Waals surface area contributed by atoms with Crippen LogP contribution in [0.4, 0.5) is 0 Å². The van der Waals surface area contributed by atoms with Crippen LogP contribution in [0.15, 0.2) is 24.3 Å². The summed E-state index contributed by atoms with van der Waals surface area (Å²) < 4.78 is 5.64. The van der Waals surface area contributed by atoms with E-state index in [2.05, 4.69) is 28.2 Å². The lowest BCUT2D eigenvalue weighted by Crippen LogP contribution is -2.39. The van der Waals surface area contributed by atoms with Gasteiger partial charge in [-0.05, 0) is 24.5 Å². The van der Waals surface area contributed by atoms with Gasteiger partial charge in [-0.25, -0.2) is 0 Å². The quantitative estimate of drug-likeness (QED) is 0.845. The molecule has 1 N–H and O–H groups in total. The first-order valence-corrected chi connectivity index (χ1v) is 7.74. The molecule has 0 radical (unpaired) electrons. The number of para-hydroxylation sites is 1. The Morgan fingerprint density at radius 3 is 3.11 bits per heavy atom. The first-order chi connectivity index (χ1) is 9.20. The van der Waals surface area contributed by atoms with Crippen molar-refractivity contribution in [1.29, 1.82) is 0 Å². The monoisotopic (exact) mass is 325 g/mol. The van der Waals surface area contributed by atoms with Gasteiger partial charge in [0, 0.05) is 11.4 Å². The lowest BCUT2D eigenvalue weighted by Gasteiger charge is -2.24. The van der Waals surface area contributed by atoms with Gasteiger partial charge in [-0.1, -0.05) is 47.5 Å². The van der Waals surface area contributed by atoms with E-state index in [1.54, 1.807) is 0 Å². The van der Waals surface area contributed by atoms with Gasteiger partial charge in [0.25, 0.3) is 0 Å². The van der Waals surface area contributed by atoms with E-state index < -0.39 is 0 Å². The summed E-state index contributed by atoms with van der Waals surface area (Å²) in [6.07, 6.45) is 2.96. The van der Waals surface area contributed by atoms with Crippen LogP contribution in [0.1, 0.15) is 25.3 Å². The summed E-state index contributed by atoms with van der Waals surface area (Å²) in [6, 6.07) is 7.93. The Balaban J connectivity index is 1.85. The second kappa shape index (κ2) is 6.94. The third-order valence-corrected chi connectivity index (χ3v) is 4.13. The summed E-state index contributed by atoms with van der Waals surface area (Å²) in [5.41, 5.74) is 1.12. The number of halogens is 1. The van der Waals surface area contributed by atoms with E-state index in [0.717, 1.165) is 30.6 Å². The summed E-state index contributed by atoms with van der Waals surface area (Å²) in [5, 5.41) is 3.00. The Kier molecular flexibility index (Phi) is 5.25. The lowest BCUT2D eigenvalue weighted by atomic mass is 9.96. The zero-order chi connectivity index (χ0) is 13.7. The van der Waals surface area contributed by atoms with E-state index in [9.17, 15) is 4.79 Å². The fourth-order valence-corrected chi connectivity index (χ4v) is 2.89. The van der Waals surface area contributed by atoms with Crippen LogP contribution < -0.4 is 10.1 Å². The summed E-state index contributed by atoms with van der Waals surface area (Å²) in [5.74, 6) is 0.933. The number of hydrogen-bond donors (Lipinski definition) is 1. The van der Waals surface area contributed by atoms with Gasteiger partial charge in [0.05, 0.1) is 5.92 Å². The van der Waals surface area contributed by atoms with Crippen molar-refractivity contribution >= 4 is 21.8 Å². The standard InChI is InChI=1S/C15H20BrNO2/c1-2-5-13(16)9-17-15(18)12-8-11-6-3-4-7-14(11)19-10-12/h3-4,6-7,12-13H,2,5,8-10H2,1H3,(H,17,18). The second-order valence-corrected chi connectivity index (χ2v) is 6.25. The zero-order valence-electron chi connectivity index (χ0n) is 11.2. The van der Waals surface area contributed by atoms with Crippen LogP contribution in [0, 0.1) is 5.92 Å². The van der Waals surface area contributed by atoms with E-state index >= 15 is 0 Å². The van der Waals surface area contributed by atoms with Crippen LogP contribution >= 0.6 is 15.9 Å². The number of amides is 1. The van der Waals surface area contributed by atoms with Crippen molar-refractivity contribution in [1.82, 2.24) is 5.32 Å². The summed E-state index contributed by atoms with van der Waals surface area (Å²) >= 11 is 3.57. The van der Waals surface area contributed by atoms with Gasteiger partial charge in [-0.3, -0.25) is 4.79 Å². The van der Waals surface area contributed by atoms with E-state index in [-0.39, 0.29) is 11.8 Å². The molecule has 1 aromatic carbocycles. The third kappa shape index (κ3) is 3.96. The molecule has 0 spiro atoms. The van der Waals surface area contributed by atoms with Crippen molar-refractivity contribution < 1.29 is 9.53 Å². The summed E-state index contributed by atoms with van der Waals surface area (Å²) in [6.45, 7) is 3.30. The van der Waals surface area contributed by atoms with Crippen LogP contribution in [-0.4, -0.2) is 23.9 Å². The van der Waals surface area contributed by atoms with E-state index in [1.807, 2.05) is 24.3 Å². The fourth-order valence-electron chi connectivity index (χ4n) is 2.27. The van der Waals surface area contributed by atoms with Gasteiger partial charge in [0.2, 0.25) is 5.91 Å². The van der Waals surface area contributed by atoms with Gasteiger partial charge in [0.15, 0.2) is 0 Å². The highest BCUT2D eigenvalue weighted by atomic mass is 79.9. The predicted molar refractivity (Wildman–Crippen MR) is 79.8 cm³/mol. The molecule has 2 unspecified atom stereocenters. The van der Waals surface area contributed by atoms with Crippen molar-refractivity contribution in [2.24, 2.45) is 5.92 Å². The average molecular weight is 326 g/mol. The molecule has 19 heavy (non-hydrogen) atoms. The molecule has 0 aromatic heterocycles. The Labute approximate surface area is 122 Å². The molecule has 0 aliphatic carbocycles. The van der Waals surface area contributed by atoms with E-state index in [1.165, 1.54) is 0 Å². The number of carbonyl (C=O) groups is 1. The molecule has 0 fully saturated rings. The number of carbonyl (C=O) groups excluding carboxylic acids is 1. The van der Waals surface area contributed by atoms with E-state index in [0.29, 0.717) is 18.0 Å². The molecule has 2 rings (SSSR count). The normalized spacial score (nSPS) is 19.2. The average Bonchev–Trinajstić information content (AvgIpc) is 2.44. The molecule has 1 aliphatic heterocycles. The summed E-state index contributed by atoms with van der Waals surface area (Å²) in [4.78, 5) is 12.5. The van der Waals surface area contributed by atoms with Crippen molar-refractivity contribution in [2.75, 3.05) is 13.2 Å². The maximum atomic E-state index is 12.1. The van der Waals surface area contributed by atoms with Gasteiger partial charge < -0.3 is 10.1 Å². The Bertz CT molecular complexity index is 436. The molecule has 0 saturated heterocycles. The minimum atomic E-state index is -0.0729. The molecule has 4 heteroatoms. The van der Waals surface area contributed by atoms with Crippen molar-refractivity contribution in [3.05, 3.63) is 29.8 Å². The smallest absolute Gasteiger partial charge is 0.226 e. The number of hydrogen-bond acceptors (Lipinski definition) is 2. The predicted octanol–water partition coefficient (Wildman–Crippen LogP) is 2.92. The Morgan fingerprint density at radius 2 is 2.32 bits per heavy atom. The van der Waals surface area contributed by atoms with Crippen LogP contribution in [-0.2, 0) is 11.2 Å². The van der Waals surface area contributed by atoms with Crippen LogP contribution in [0.5, 0.6) is 5.75 Å². The molecule has 0 saturated carbocycles. The Hall–Kier alpha value is -1.03. The topological polar surface area (TPSA) is 38.3 Å². The minimum absolute atomic E-state index is 0.0729. The number of rotatable bonds is 5. The number of fused-ring (bicyclic) bond motifs is 1. The maximum absolute atomic E-state index is 12.1. The first-order valence-electron chi connectivity index (χ1n) is 6.83. The van der Waals surface area contributed by atoms with Gasteiger partial charge in [0.1, 0.15) is 12.4 Å². The Morgan fingerprint density at radius 1 is 1.53 bits per heavy atom. The van der Waals surface area contributed by atoms with Crippen molar-refractivity contribution in [3.63, 3.8) is 0 Å². The fraction of sp³-hybridized carbons (Fsp3) is 0.533. The molecule has 0 bridgehead atoms. The number of alkyl halides is 1. The van der Waals surface area contributed by atoms with E-state index in [4.69, 9.17) is 4.74 Å². The molecule has 1 aliphatic rings. The van der Waals surface area contributed by atoms with Crippen molar-refractivity contribution in [3.8, 4) is 5.75 Å². The molecule has 3 nitrogen and oxygen atoms in total. The largest absolute Gasteiger partial charge is 0.492 e. The maximum Gasteiger partial charge on any atom is 0.226 e. The lowest BCUT2D eigenvalue weighted by molar-refractivity contribution is -0.126. The number of benzene rings is 1. The summed E-state index contributed by atoms with van der Waals surface area (Å²) in [7, 11) is 0. The molecular formula is C15H20BrNO2. The second-order valence-electron chi connectivity index (χ2n) is 4.95. The zero-order valence-corrected chi connectivity index (χ0v) is 12.8. The van der Waals surface area contributed by atoms with Gasteiger partial charge in [-0.2, -0.15) is 0 Å². The highest BCUT2D eigenvalue weighted by molar-refractivity contribution is 9.09. The third-order valence-electron chi connectivity index (χ3n) is 3.35. The molecule has 1 heterocycles. The van der Waals surface area contributed by atoms with Crippen LogP contribution in [0.2, 0.25) is 0 Å². The molecule has 104 valence electrons. The SMILES string of the molecule is CCCC(Br)CNC(=O)C1COc2ccccc2C1. The highest BCUT2D eigenvalue weighted by Gasteiger charge is 2.25.